The van der Waals surface area contributed by atoms with Gasteiger partial charge in [-0.1, -0.05) is 6.07 Å². The number of halogens is 2. The van der Waals surface area contributed by atoms with Crippen LogP contribution in [0, 0.1) is 11.8 Å². The smallest absolute Gasteiger partial charge is 0.258 e. The molecule has 7 nitrogen and oxygen atoms in total. The summed E-state index contributed by atoms with van der Waals surface area (Å²) in [6, 6.07) is 5.76. The minimum absolute atomic E-state index is 0.0624. The Balaban J connectivity index is 1.07. The Morgan fingerprint density at radius 1 is 1.15 bits per heavy atom. The summed E-state index contributed by atoms with van der Waals surface area (Å²) in [4.78, 5) is 23.4. The highest BCUT2D eigenvalue weighted by molar-refractivity contribution is 5.96. The van der Waals surface area contributed by atoms with E-state index in [2.05, 4.69) is 15.1 Å². The minimum atomic E-state index is -2.49. The first-order chi connectivity index (χ1) is 15.9. The van der Waals surface area contributed by atoms with Gasteiger partial charge >= 0.3 is 0 Å². The van der Waals surface area contributed by atoms with E-state index < -0.39 is 17.8 Å². The van der Waals surface area contributed by atoms with Crippen molar-refractivity contribution in [1.29, 1.82) is 0 Å². The molecule has 2 unspecified atom stereocenters. The number of hydrogen-bond donors (Lipinski definition) is 1. The lowest BCUT2D eigenvalue weighted by Crippen LogP contribution is -2.28. The van der Waals surface area contributed by atoms with E-state index in [1.54, 1.807) is 29.5 Å². The Morgan fingerprint density at radius 2 is 1.97 bits per heavy atom. The summed E-state index contributed by atoms with van der Waals surface area (Å²) in [5.41, 5.74) is 9.70. The van der Waals surface area contributed by atoms with Crippen LogP contribution >= 0.6 is 0 Å². The number of Topliss-reactive ketones (excluding diaryl/α,β-unsaturated/α-hetero) is 1. The molecule has 33 heavy (non-hydrogen) atoms. The van der Waals surface area contributed by atoms with Gasteiger partial charge in [-0.25, -0.2) is 18.7 Å². The number of carbonyl (C=O) groups excluding carboxylic acids is 1. The summed E-state index contributed by atoms with van der Waals surface area (Å²) in [6.07, 6.45) is 9.01. The molecule has 3 atom stereocenters. The van der Waals surface area contributed by atoms with Crippen LogP contribution in [-0.4, -0.2) is 44.5 Å². The summed E-state index contributed by atoms with van der Waals surface area (Å²) in [5.74, 6) is -2.02. The Bertz CT molecular complexity index is 1210. The summed E-state index contributed by atoms with van der Waals surface area (Å²) >= 11 is 0. The van der Waals surface area contributed by atoms with Gasteiger partial charge in [0.15, 0.2) is 5.78 Å². The van der Waals surface area contributed by atoms with Crippen LogP contribution in [0.15, 0.2) is 43.0 Å². The molecule has 2 fully saturated rings. The van der Waals surface area contributed by atoms with Crippen molar-refractivity contribution in [3.63, 3.8) is 0 Å². The van der Waals surface area contributed by atoms with Gasteiger partial charge in [0.2, 0.25) is 0 Å². The quantitative estimate of drug-likeness (QED) is 0.580. The molecule has 3 aromatic rings. The van der Waals surface area contributed by atoms with Crippen molar-refractivity contribution in [2.75, 3.05) is 23.7 Å². The second-order valence-electron chi connectivity index (χ2n) is 9.37. The maximum atomic E-state index is 13.4. The SMILES string of the molecule is Nc1nccc2c1CC[C@H]2CC(=O)c1cnn(Cc2ccc(N3CC4C(C3)C4(F)F)nc2)c1. The van der Waals surface area contributed by atoms with Crippen molar-refractivity contribution < 1.29 is 13.6 Å². The monoisotopic (exact) mass is 450 g/mol. The largest absolute Gasteiger partial charge is 0.383 e. The van der Waals surface area contributed by atoms with Crippen molar-refractivity contribution >= 4 is 17.4 Å². The average molecular weight is 450 g/mol. The van der Waals surface area contributed by atoms with Crippen LogP contribution in [0.3, 0.4) is 0 Å². The Kier molecular flexibility index (Phi) is 4.50. The number of aromatic nitrogens is 4. The predicted molar refractivity (Wildman–Crippen MR) is 118 cm³/mol. The number of rotatable bonds is 6. The number of nitrogen functional groups attached to an aromatic ring is 1. The molecule has 0 amide bonds. The molecule has 0 spiro atoms. The van der Waals surface area contributed by atoms with E-state index in [9.17, 15) is 13.6 Å². The molecule has 6 rings (SSSR count). The summed E-state index contributed by atoms with van der Waals surface area (Å²) < 4.78 is 28.5. The average Bonchev–Trinajstić information content (AvgIpc) is 3.36. The third kappa shape index (κ3) is 3.46. The normalized spacial score (nSPS) is 24.5. The highest BCUT2D eigenvalue weighted by atomic mass is 19.3. The van der Waals surface area contributed by atoms with E-state index in [1.807, 2.05) is 23.1 Å². The number of anilines is 2. The summed E-state index contributed by atoms with van der Waals surface area (Å²) in [7, 11) is 0. The second-order valence-corrected chi connectivity index (χ2v) is 9.37. The molecule has 9 heteroatoms. The van der Waals surface area contributed by atoms with Gasteiger partial charge in [0.05, 0.1) is 30.1 Å². The molecule has 1 aliphatic heterocycles. The fourth-order valence-electron chi connectivity index (χ4n) is 5.38. The van der Waals surface area contributed by atoms with Crippen molar-refractivity contribution in [1.82, 2.24) is 19.7 Å². The van der Waals surface area contributed by atoms with Crippen LogP contribution < -0.4 is 10.6 Å². The second kappa shape index (κ2) is 7.33. The zero-order valence-corrected chi connectivity index (χ0v) is 18.0. The number of pyridine rings is 2. The molecule has 1 saturated heterocycles. The maximum absolute atomic E-state index is 13.4. The number of fused-ring (bicyclic) bond motifs is 2. The van der Waals surface area contributed by atoms with Gasteiger partial charge in [0.1, 0.15) is 11.6 Å². The van der Waals surface area contributed by atoms with Gasteiger partial charge in [-0.2, -0.15) is 5.10 Å². The van der Waals surface area contributed by atoms with Crippen LogP contribution in [0.5, 0.6) is 0 Å². The first-order valence-corrected chi connectivity index (χ1v) is 11.3. The fourth-order valence-corrected chi connectivity index (χ4v) is 5.38. The summed E-state index contributed by atoms with van der Waals surface area (Å²) in [6.45, 7) is 1.21. The molecule has 0 radical (unpaired) electrons. The van der Waals surface area contributed by atoms with Crippen LogP contribution in [0.25, 0.3) is 0 Å². The highest BCUT2D eigenvalue weighted by Crippen LogP contribution is 2.59. The predicted octanol–water partition coefficient (Wildman–Crippen LogP) is 3.31. The van der Waals surface area contributed by atoms with Crippen LogP contribution in [0.4, 0.5) is 20.4 Å². The zero-order valence-electron chi connectivity index (χ0n) is 18.0. The highest BCUT2D eigenvalue weighted by Gasteiger charge is 2.71. The third-order valence-corrected chi connectivity index (χ3v) is 7.37. The lowest BCUT2D eigenvalue weighted by molar-refractivity contribution is 0.0796. The molecule has 2 N–H and O–H groups in total. The molecule has 3 aromatic heterocycles. The molecular formula is C24H24F2N6O. The molecule has 0 bridgehead atoms. The number of nitrogens with two attached hydrogens (primary N) is 1. The van der Waals surface area contributed by atoms with E-state index in [0.29, 0.717) is 37.4 Å². The fraction of sp³-hybridized carbons (Fsp3) is 0.417. The molecule has 4 heterocycles. The van der Waals surface area contributed by atoms with Crippen LogP contribution in [0.1, 0.15) is 45.8 Å². The van der Waals surface area contributed by atoms with Gasteiger partial charge in [0, 0.05) is 38.1 Å². The number of ketones is 1. The van der Waals surface area contributed by atoms with Crippen molar-refractivity contribution in [3.05, 3.63) is 65.2 Å². The van der Waals surface area contributed by atoms with Gasteiger partial charge in [0.25, 0.3) is 5.92 Å². The lowest BCUT2D eigenvalue weighted by Gasteiger charge is -2.20. The number of nitrogens with zero attached hydrogens (tertiary/aromatic N) is 5. The molecule has 2 aliphatic carbocycles. The van der Waals surface area contributed by atoms with Gasteiger partial charge in [-0.15, -0.1) is 0 Å². The minimum Gasteiger partial charge on any atom is -0.383 e. The number of alkyl halides is 2. The molecule has 0 aromatic carbocycles. The molecule has 1 saturated carbocycles. The van der Waals surface area contributed by atoms with Gasteiger partial charge in [-0.3, -0.25) is 9.48 Å². The van der Waals surface area contributed by atoms with Gasteiger partial charge < -0.3 is 10.6 Å². The lowest BCUT2D eigenvalue weighted by atomic mass is 9.94. The number of hydrogen-bond acceptors (Lipinski definition) is 6. The van der Waals surface area contributed by atoms with Crippen molar-refractivity contribution in [2.45, 2.75) is 37.6 Å². The van der Waals surface area contributed by atoms with Crippen molar-refractivity contribution in [2.24, 2.45) is 11.8 Å². The van der Waals surface area contributed by atoms with Gasteiger partial charge in [-0.05, 0) is 47.6 Å². The van der Waals surface area contributed by atoms with E-state index in [0.717, 1.165) is 35.3 Å². The maximum Gasteiger partial charge on any atom is 0.258 e. The van der Waals surface area contributed by atoms with E-state index in [4.69, 9.17) is 5.73 Å². The third-order valence-electron chi connectivity index (χ3n) is 7.37. The first-order valence-electron chi connectivity index (χ1n) is 11.3. The van der Waals surface area contributed by atoms with E-state index in [-0.39, 0.29) is 11.7 Å². The first kappa shape index (κ1) is 20.3. The Morgan fingerprint density at radius 3 is 2.73 bits per heavy atom. The van der Waals surface area contributed by atoms with E-state index in [1.165, 1.54) is 0 Å². The molecule has 170 valence electrons. The van der Waals surface area contributed by atoms with Crippen molar-refractivity contribution in [3.8, 4) is 0 Å². The molecule has 3 aliphatic rings. The number of carbonyl (C=O) groups is 1. The zero-order chi connectivity index (χ0) is 22.7. The van der Waals surface area contributed by atoms with Crippen LogP contribution in [0.2, 0.25) is 0 Å². The van der Waals surface area contributed by atoms with E-state index >= 15 is 0 Å². The number of piperidine rings is 1. The topological polar surface area (TPSA) is 89.9 Å². The summed E-state index contributed by atoms with van der Waals surface area (Å²) in [5, 5.41) is 4.34. The standard InChI is InChI=1S/C24H24F2N6O/c25-24(26)19-12-31(13-20(19)24)22-4-1-14(8-29-22)10-32-11-16(9-30-32)21(33)7-15-2-3-18-17(15)5-6-28-23(18)27/h1,4-6,8-9,11,15,19-20H,2-3,7,10,12-13H2,(H2,27,28)/t15-,19?,20?/m0/s1. The van der Waals surface area contributed by atoms with Crippen LogP contribution in [-0.2, 0) is 13.0 Å². The Hall–Kier alpha value is -3.36. The molecular weight excluding hydrogens is 426 g/mol. The Labute approximate surface area is 189 Å².